The fraction of sp³-hybridized carbons (Fsp3) is 0.0909. The number of aromatic nitrogens is 2. The quantitative estimate of drug-likeness (QED) is 0.742. The first-order valence-electron chi connectivity index (χ1n) is 4.90. The summed E-state index contributed by atoms with van der Waals surface area (Å²) in [6.07, 6.45) is 1.32. The Morgan fingerprint density at radius 2 is 2.16 bits per heavy atom. The Balaban J connectivity index is 2.30. The van der Waals surface area contributed by atoms with Crippen LogP contribution in [0.4, 0.5) is 0 Å². The lowest BCUT2D eigenvalue weighted by atomic mass is 10.2. The molecular formula is C11H4Br2N4OS. The number of hydrogen-bond acceptors (Lipinski definition) is 5. The Morgan fingerprint density at radius 3 is 2.68 bits per heavy atom. The van der Waals surface area contributed by atoms with Crippen molar-refractivity contribution in [3.63, 3.8) is 0 Å². The van der Waals surface area contributed by atoms with E-state index in [-0.39, 0.29) is 23.7 Å². The molecule has 0 unspecified atom stereocenters. The topological polar surface area (TPSA) is 82.5 Å². The van der Waals surface area contributed by atoms with Gasteiger partial charge in [-0.05, 0) is 37.9 Å². The number of imidazole rings is 1. The number of hydrogen-bond donors (Lipinski definition) is 0. The summed E-state index contributed by atoms with van der Waals surface area (Å²) in [4.78, 5) is 15.9. The third-order valence-corrected chi connectivity index (χ3v) is 4.66. The Bertz CT molecular complexity index is 735. The van der Waals surface area contributed by atoms with E-state index in [2.05, 4.69) is 36.8 Å². The average Bonchev–Trinajstić information content (AvgIpc) is 2.91. The van der Waals surface area contributed by atoms with Gasteiger partial charge in [0, 0.05) is 5.56 Å². The first-order valence-corrected chi connectivity index (χ1v) is 7.30. The number of nitrogens with zero attached hydrogens (tertiary/aromatic N) is 4. The lowest BCUT2D eigenvalue weighted by molar-refractivity contribution is 0.0971. The van der Waals surface area contributed by atoms with E-state index in [1.807, 2.05) is 12.1 Å². The SMILES string of the molecule is N#Cc1ncn(CC(=O)c2cc(Br)sc2Br)c1C#N. The fourth-order valence-corrected chi connectivity index (χ4v) is 4.33. The van der Waals surface area contributed by atoms with Gasteiger partial charge >= 0.3 is 0 Å². The predicted molar refractivity (Wildman–Crippen MR) is 75.7 cm³/mol. The van der Waals surface area contributed by atoms with Crippen LogP contribution in [0.5, 0.6) is 0 Å². The zero-order chi connectivity index (χ0) is 14.0. The second-order valence-corrected chi connectivity index (χ2v) is 7.20. The van der Waals surface area contributed by atoms with Gasteiger partial charge in [0.25, 0.3) is 0 Å². The van der Waals surface area contributed by atoms with Crippen LogP contribution in [0.15, 0.2) is 20.0 Å². The molecule has 0 saturated carbocycles. The summed E-state index contributed by atoms with van der Waals surface area (Å²) in [5, 5.41) is 17.8. The summed E-state index contributed by atoms with van der Waals surface area (Å²) in [7, 11) is 0. The lowest BCUT2D eigenvalue weighted by Crippen LogP contribution is -2.11. The highest BCUT2D eigenvalue weighted by Crippen LogP contribution is 2.32. The highest BCUT2D eigenvalue weighted by atomic mass is 79.9. The Hall–Kier alpha value is -1.48. The van der Waals surface area contributed by atoms with Crippen molar-refractivity contribution in [2.45, 2.75) is 6.54 Å². The molecular weight excluding hydrogens is 396 g/mol. The predicted octanol–water partition coefficient (Wildman–Crippen LogP) is 3.10. The van der Waals surface area contributed by atoms with Crippen molar-refractivity contribution in [2.24, 2.45) is 0 Å². The van der Waals surface area contributed by atoms with Crippen LogP contribution in [0.1, 0.15) is 21.7 Å². The average molecular weight is 400 g/mol. The fourth-order valence-electron chi connectivity index (χ4n) is 1.47. The molecule has 8 heteroatoms. The van der Waals surface area contributed by atoms with E-state index in [9.17, 15) is 4.79 Å². The minimum absolute atomic E-state index is 0.0284. The molecule has 0 aliphatic heterocycles. The summed E-state index contributed by atoms with van der Waals surface area (Å²) >= 11 is 8.01. The maximum atomic E-state index is 12.1. The number of ketones is 1. The summed E-state index contributed by atoms with van der Waals surface area (Å²) in [5.41, 5.74) is 0.662. The van der Waals surface area contributed by atoms with Crippen molar-refractivity contribution in [1.82, 2.24) is 9.55 Å². The zero-order valence-electron chi connectivity index (χ0n) is 9.22. The normalized spacial score (nSPS) is 9.89. The van der Waals surface area contributed by atoms with Gasteiger partial charge in [-0.15, -0.1) is 11.3 Å². The Morgan fingerprint density at radius 1 is 1.42 bits per heavy atom. The van der Waals surface area contributed by atoms with Crippen molar-refractivity contribution in [3.05, 3.63) is 36.9 Å². The lowest BCUT2D eigenvalue weighted by Gasteiger charge is -2.02. The molecule has 0 atom stereocenters. The van der Waals surface area contributed by atoms with Crippen molar-refractivity contribution in [1.29, 1.82) is 10.5 Å². The monoisotopic (exact) mass is 398 g/mol. The number of carbonyl (C=O) groups excluding carboxylic acids is 1. The molecule has 94 valence electrons. The third kappa shape index (κ3) is 2.76. The first-order chi connectivity index (χ1) is 9.06. The van der Waals surface area contributed by atoms with Crippen molar-refractivity contribution < 1.29 is 4.79 Å². The molecule has 0 amide bonds. The molecule has 2 aromatic rings. The maximum absolute atomic E-state index is 12.1. The highest BCUT2D eigenvalue weighted by Gasteiger charge is 2.17. The van der Waals surface area contributed by atoms with Gasteiger partial charge in [-0.2, -0.15) is 10.5 Å². The number of thiophene rings is 1. The molecule has 0 aromatic carbocycles. The Labute approximate surface area is 129 Å². The summed E-state index contributed by atoms with van der Waals surface area (Å²) in [6.45, 7) is -0.0284. The van der Waals surface area contributed by atoms with E-state index in [4.69, 9.17) is 10.5 Å². The molecule has 0 saturated heterocycles. The van der Waals surface area contributed by atoms with Gasteiger partial charge in [0.05, 0.1) is 20.4 Å². The maximum Gasteiger partial charge on any atom is 0.184 e. The smallest absolute Gasteiger partial charge is 0.184 e. The van der Waals surface area contributed by atoms with Crippen LogP contribution in [-0.4, -0.2) is 15.3 Å². The second kappa shape index (κ2) is 5.66. The minimum atomic E-state index is -0.160. The van der Waals surface area contributed by atoms with E-state index >= 15 is 0 Å². The number of carbonyl (C=O) groups is 1. The van der Waals surface area contributed by atoms with Crippen LogP contribution < -0.4 is 0 Å². The van der Waals surface area contributed by atoms with Gasteiger partial charge in [-0.3, -0.25) is 4.79 Å². The standard InChI is InChI=1S/C11H4Br2N4OS/c12-10-1-6(11(13)19-10)9(18)4-17-5-16-7(2-14)8(17)3-15/h1,5H,4H2. The summed E-state index contributed by atoms with van der Waals surface area (Å²) in [6, 6.07) is 5.41. The van der Waals surface area contributed by atoms with E-state index < -0.39 is 0 Å². The molecule has 19 heavy (non-hydrogen) atoms. The largest absolute Gasteiger partial charge is 0.313 e. The van der Waals surface area contributed by atoms with E-state index in [0.29, 0.717) is 5.56 Å². The minimum Gasteiger partial charge on any atom is -0.313 e. The van der Waals surface area contributed by atoms with Gasteiger partial charge in [-0.25, -0.2) is 4.98 Å². The first kappa shape index (κ1) is 13.9. The third-order valence-electron chi connectivity index (χ3n) is 2.32. The van der Waals surface area contributed by atoms with E-state index in [1.165, 1.54) is 22.2 Å². The number of nitriles is 2. The highest BCUT2D eigenvalue weighted by molar-refractivity contribution is 9.12. The van der Waals surface area contributed by atoms with Gasteiger partial charge in [0.1, 0.15) is 12.1 Å². The molecule has 0 fully saturated rings. The van der Waals surface area contributed by atoms with Crippen LogP contribution in [0.3, 0.4) is 0 Å². The molecule has 0 radical (unpaired) electrons. The molecule has 2 rings (SSSR count). The van der Waals surface area contributed by atoms with E-state index in [0.717, 1.165) is 7.57 Å². The van der Waals surface area contributed by atoms with Crippen LogP contribution in [-0.2, 0) is 6.54 Å². The number of Topliss-reactive ketones (excluding diaryl/α,β-unsaturated/α-hetero) is 1. The van der Waals surface area contributed by atoms with Gasteiger partial charge in [0.15, 0.2) is 17.2 Å². The molecule has 5 nitrogen and oxygen atoms in total. The van der Waals surface area contributed by atoms with Crippen LogP contribution in [0, 0.1) is 22.7 Å². The Kier molecular flexibility index (Phi) is 4.15. The van der Waals surface area contributed by atoms with Crippen molar-refractivity contribution >= 4 is 49.0 Å². The zero-order valence-corrected chi connectivity index (χ0v) is 13.2. The summed E-state index contributed by atoms with van der Waals surface area (Å²) in [5.74, 6) is -0.160. The molecule has 0 spiro atoms. The molecule has 2 heterocycles. The second-order valence-electron chi connectivity index (χ2n) is 3.45. The van der Waals surface area contributed by atoms with Gasteiger partial charge in [0.2, 0.25) is 0 Å². The number of rotatable bonds is 3. The van der Waals surface area contributed by atoms with Crippen molar-refractivity contribution in [2.75, 3.05) is 0 Å². The van der Waals surface area contributed by atoms with Crippen molar-refractivity contribution in [3.8, 4) is 12.1 Å². The van der Waals surface area contributed by atoms with Gasteiger partial charge in [-0.1, -0.05) is 0 Å². The summed E-state index contributed by atoms with van der Waals surface area (Å²) < 4.78 is 2.94. The number of halogens is 2. The van der Waals surface area contributed by atoms with E-state index in [1.54, 1.807) is 6.07 Å². The molecule has 0 aliphatic rings. The van der Waals surface area contributed by atoms with Gasteiger partial charge < -0.3 is 4.57 Å². The van der Waals surface area contributed by atoms with Crippen LogP contribution in [0.2, 0.25) is 0 Å². The molecule has 2 aromatic heterocycles. The molecule has 0 N–H and O–H groups in total. The molecule has 0 aliphatic carbocycles. The van der Waals surface area contributed by atoms with Crippen LogP contribution in [0.25, 0.3) is 0 Å². The van der Waals surface area contributed by atoms with Crippen LogP contribution >= 0.6 is 43.2 Å². The molecule has 0 bridgehead atoms.